The molecule has 5 rings (SSSR count). The highest BCUT2D eigenvalue weighted by Crippen LogP contribution is 2.43. The number of nitrogen functional groups attached to an aromatic ring is 1. The molecule has 7 heteroatoms. The Hall–Kier alpha value is -4.36. The number of rotatable bonds is 6. The first kappa shape index (κ1) is 24.3. The molecule has 0 atom stereocenters. The van der Waals surface area contributed by atoms with E-state index >= 15 is 0 Å². The molecule has 0 unspecified atom stereocenters. The Labute approximate surface area is 219 Å². The van der Waals surface area contributed by atoms with E-state index in [0.29, 0.717) is 26.9 Å². The maximum absolute atomic E-state index is 13.5. The number of pyridine rings is 1. The number of hydrogen-bond donors (Lipinski definition) is 2. The monoisotopic (exact) mass is 509 g/mol. The largest absolute Gasteiger partial charge is 0.493 e. The quantitative estimate of drug-likeness (QED) is 0.255. The Morgan fingerprint density at radius 1 is 0.865 bits per heavy atom. The molecule has 3 aromatic carbocycles. The first-order chi connectivity index (χ1) is 17.9. The molecule has 0 aliphatic heterocycles. The first-order valence-electron chi connectivity index (χ1n) is 11.8. The number of methoxy groups -OCH3 is 2. The number of nitrogens with two attached hydrogens (primary N) is 1. The Balaban J connectivity index is 1.70. The van der Waals surface area contributed by atoms with Crippen LogP contribution in [0, 0.1) is 13.8 Å². The Kier molecular flexibility index (Phi) is 6.54. The van der Waals surface area contributed by atoms with Crippen LogP contribution in [0.5, 0.6) is 11.5 Å². The molecule has 0 aliphatic rings. The SMILES string of the molecule is COc1ccc(-c2cc(-c3ccccc3)nc3sc(C(=O)Nc4c(C)cccc4C)c(N)c23)cc1OC. The van der Waals surface area contributed by atoms with Crippen molar-refractivity contribution in [2.24, 2.45) is 0 Å². The van der Waals surface area contributed by atoms with Gasteiger partial charge in [-0.3, -0.25) is 4.79 Å². The minimum atomic E-state index is -0.252. The van der Waals surface area contributed by atoms with Gasteiger partial charge in [0.2, 0.25) is 0 Å². The number of aryl methyl sites for hydroxylation is 2. The average Bonchev–Trinajstić information content (AvgIpc) is 3.26. The molecule has 37 heavy (non-hydrogen) atoms. The second kappa shape index (κ2) is 9.95. The molecule has 6 nitrogen and oxygen atoms in total. The number of para-hydroxylation sites is 1. The predicted molar refractivity (Wildman–Crippen MR) is 152 cm³/mol. The number of anilines is 2. The highest BCUT2D eigenvalue weighted by atomic mass is 32.1. The highest BCUT2D eigenvalue weighted by molar-refractivity contribution is 7.21. The van der Waals surface area contributed by atoms with Crippen LogP contribution in [-0.4, -0.2) is 25.1 Å². The van der Waals surface area contributed by atoms with E-state index in [1.165, 1.54) is 11.3 Å². The number of carbonyl (C=O) groups is 1. The van der Waals surface area contributed by atoms with E-state index in [1.807, 2.05) is 86.6 Å². The number of thiophene rings is 1. The molecule has 3 N–H and O–H groups in total. The fourth-order valence-corrected chi connectivity index (χ4v) is 5.47. The zero-order valence-corrected chi connectivity index (χ0v) is 21.9. The molecule has 0 radical (unpaired) electrons. The van der Waals surface area contributed by atoms with E-state index in [2.05, 4.69) is 5.32 Å². The molecule has 2 heterocycles. The van der Waals surface area contributed by atoms with Gasteiger partial charge in [0, 0.05) is 16.6 Å². The second-order valence-electron chi connectivity index (χ2n) is 8.74. The van der Waals surface area contributed by atoms with Crippen molar-refractivity contribution in [3.8, 4) is 33.9 Å². The van der Waals surface area contributed by atoms with Gasteiger partial charge in [-0.15, -0.1) is 11.3 Å². The zero-order chi connectivity index (χ0) is 26.1. The van der Waals surface area contributed by atoms with E-state index in [4.69, 9.17) is 20.2 Å². The Morgan fingerprint density at radius 3 is 2.24 bits per heavy atom. The molecule has 5 aromatic rings. The summed E-state index contributed by atoms with van der Waals surface area (Å²) >= 11 is 1.29. The van der Waals surface area contributed by atoms with Crippen molar-refractivity contribution < 1.29 is 14.3 Å². The van der Waals surface area contributed by atoms with E-state index in [0.717, 1.165) is 44.6 Å². The third-order valence-electron chi connectivity index (χ3n) is 6.39. The normalized spacial score (nSPS) is 10.9. The standard InChI is InChI=1S/C30H27N3O3S/c1-17-9-8-10-18(2)27(17)33-29(34)28-26(31)25-21(20-13-14-23(35-3)24(15-20)36-4)16-22(32-30(25)37-28)19-11-6-5-7-12-19/h5-16H,31H2,1-4H3,(H,33,34). The van der Waals surface area contributed by atoms with Gasteiger partial charge >= 0.3 is 0 Å². The maximum Gasteiger partial charge on any atom is 0.267 e. The number of fused-ring (bicyclic) bond motifs is 1. The van der Waals surface area contributed by atoms with E-state index in [9.17, 15) is 4.79 Å². The van der Waals surface area contributed by atoms with Crippen molar-refractivity contribution in [2.75, 3.05) is 25.3 Å². The third-order valence-corrected chi connectivity index (χ3v) is 7.49. The second-order valence-corrected chi connectivity index (χ2v) is 9.74. The van der Waals surface area contributed by atoms with Crippen LogP contribution in [0.3, 0.4) is 0 Å². The van der Waals surface area contributed by atoms with Crippen LogP contribution in [0.4, 0.5) is 11.4 Å². The topological polar surface area (TPSA) is 86.5 Å². The lowest BCUT2D eigenvalue weighted by molar-refractivity contribution is 0.103. The minimum Gasteiger partial charge on any atom is -0.493 e. The van der Waals surface area contributed by atoms with Gasteiger partial charge in [0.1, 0.15) is 9.71 Å². The minimum absolute atomic E-state index is 0.252. The third kappa shape index (κ3) is 4.49. The molecular weight excluding hydrogens is 482 g/mol. The van der Waals surface area contributed by atoms with Gasteiger partial charge in [-0.2, -0.15) is 0 Å². The molecule has 2 aromatic heterocycles. The Bertz CT molecular complexity index is 1610. The molecule has 0 bridgehead atoms. The number of hydrogen-bond acceptors (Lipinski definition) is 6. The summed E-state index contributed by atoms with van der Waals surface area (Å²) in [4.78, 5) is 19.5. The van der Waals surface area contributed by atoms with Gasteiger partial charge in [0.15, 0.2) is 11.5 Å². The summed E-state index contributed by atoms with van der Waals surface area (Å²) in [6.07, 6.45) is 0. The number of benzene rings is 3. The fourth-order valence-electron chi connectivity index (χ4n) is 4.46. The van der Waals surface area contributed by atoms with Crippen molar-refractivity contribution in [3.63, 3.8) is 0 Å². The van der Waals surface area contributed by atoms with Crippen molar-refractivity contribution in [1.29, 1.82) is 0 Å². The van der Waals surface area contributed by atoms with Crippen molar-refractivity contribution in [1.82, 2.24) is 4.98 Å². The summed E-state index contributed by atoms with van der Waals surface area (Å²) < 4.78 is 11.0. The van der Waals surface area contributed by atoms with Gasteiger partial charge in [-0.1, -0.05) is 54.6 Å². The van der Waals surface area contributed by atoms with Crippen molar-refractivity contribution >= 4 is 38.8 Å². The van der Waals surface area contributed by atoms with Crippen LogP contribution in [0.15, 0.2) is 72.8 Å². The van der Waals surface area contributed by atoms with Gasteiger partial charge in [0.05, 0.1) is 25.6 Å². The number of aromatic nitrogens is 1. The average molecular weight is 510 g/mol. The summed E-state index contributed by atoms with van der Waals surface area (Å²) in [5.41, 5.74) is 13.4. The van der Waals surface area contributed by atoms with Crippen LogP contribution in [0.2, 0.25) is 0 Å². The number of carbonyl (C=O) groups excluding carboxylic acids is 1. The lowest BCUT2D eigenvalue weighted by Crippen LogP contribution is -2.13. The summed E-state index contributed by atoms with van der Waals surface area (Å²) in [5, 5.41) is 3.80. The van der Waals surface area contributed by atoms with Gasteiger partial charge in [0.25, 0.3) is 5.91 Å². The molecular formula is C30H27N3O3S. The van der Waals surface area contributed by atoms with Crippen LogP contribution in [0.1, 0.15) is 20.8 Å². The Morgan fingerprint density at radius 2 is 1.57 bits per heavy atom. The number of ether oxygens (including phenoxy) is 2. The number of nitrogens with zero attached hydrogens (tertiary/aromatic N) is 1. The van der Waals surface area contributed by atoms with Crippen molar-refractivity contribution in [3.05, 3.63) is 88.8 Å². The molecule has 0 aliphatic carbocycles. The summed E-state index contributed by atoms with van der Waals surface area (Å²) in [7, 11) is 3.21. The number of amides is 1. The fraction of sp³-hybridized carbons (Fsp3) is 0.133. The molecule has 0 spiro atoms. The zero-order valence-electron chi connectivity index (χ0n) is 21.1. The van der Waals surface area contributed by atoms with Crippen LogP contribution >= 0.6 is 11.3 Å². The van der Waals surface area contributed by atoms with Gasteiger partial charge in [-0.05, 0) is 54.3 Å². The van der Waals surface area contributed by atoms with Crippen LogP contribution in [0.25, 0.3) is 32.6 Å². The number of nitrogens with one attached hydrogen (secondary N) is 1. The van der Waals surface area contributed by atoms with E-state index in [-0.39, 0.29) is 5.91 Å². The lowest BCUT2D eigenvalue weighted by atomic mass is 9.99. The van der Waals surface area contributed by atoms with E-state index in [1.54, 1.807) is 14.2 Å². The van der Waals surface area contributed by atoms with Crippen molar-refractivity contribution in [2.45, 2.75) is 13.8 Å². The highest BCUT2D eigenvalue weighted by Gasteiger charge is 2.23. The first-order valence-corrected chi connectivity index (χ1v) is 12.6. The van der Waals surface area contributed by atoms with E-state index < -0.39 is 0 Å². The summed E-state index contributed by atoms with van der Waals surface area (Å²) in [5.74, 6) is 0.984. The smallest absolute Gasteiger partial charge is 0.267 e. The molecule has 186 valence electrons. The summed E-state index contributed by atoms with van der Waals surface area (Å²) in [6.45, 7) is 3.94. The lowest BCUT2D eigenvalue weighted by Gasteiger charge is -2.12. The molecule has 0 saturated heterocycles. The van der Waals surface area contributed by atoms with Crippen LogP contribution in [-0.2, 0) is 0 Å². The molecule has 0 fully saturated rings. The van der Waals surface area contributed by atoms with Gasteiger partial charge in [-0.25, -0.2) is 4.98 Å². The molecule has 1 amide bonds. The van der Waals surface area contributed by atoms with Crippen LogP contribution < -0.4 is 20.5 Å². The summed E-state index contributed by atoms with van der Waals surface area (Å²) in [6, 6.07) is 23.6. The molecule has 0 saturated carbocycles. The maximum atomic E-state index is 13.5. The van der Waals surface area contributed by atoms with Gasteiger partial charge < -0.3 is 20.5 Å². The predicted octanol–water partition coefficient (Wildman–Crippen LogP) is 7.10.